The number of benzene rings is 1. The molecule has 1 aromatic rings. The van der Waals surface area contributed by atoms with E-state index in [0.717, 1.165) is 6.42 Å². The van der Waals surface area contributed by atoms with Crippen LogP contribution in [0.2, 0.25) is 0 Å². The van der Waals surface area contributed by atoms with Crippen LogP contribution >= 0.6 is 0 Å². The monoisotopic (exact) mass is 265 g/mol. The second-order valence-corrected chi connectivity index (χ2v) is 4.87. The molecule has 0 radical (unpaired) electrons. The predicted molar refractivity (Wildman–Crippen MR) is 70.4 cm³/mol. The predicted octanol–water partition coefficient (Wildman–Crippen LogP) is 1.24. The first-order chi connectivity index (χ1) is 9.06. The van der Waals surface area contributed by atoms with Crippen molar-refractivity contribution in [2.75, 3.05) is 26.9 Å². The number of carbonyl (C=O) groups excluding carboxylic acids is 1. The molecule has 104 valence electrons. The molecule has 1 aliphatic heterocycles. The van der Waals surface area contributed by atoms with Gasteiger partial charge in [-0.15, -0.1) is 0 Å². The molecule has 5 nitrogen and oxygen atoms in total. The fraction of sp³-hybridized carbons (Fsp3) is 0.500. The second kappa shape index (κ2) is 5.59. The Morgan fingerprint density at radius 3 is 2.95 bits per heavy atom. The molecule has 2 rings (SSSR count). The van der Waals surface area contributed by atoms with E-state index in [-0.39, 0.29) is 11.7 Å². The van der Waals surface area contributed by atoms with Crippen molar-refractivity contribution in [3.05, 3.63) is 29.3 Å². The largest absolute Gasteiger partial charge is 0.508 e. The highest BCUT2D eigenvalue weighted by atomic mass is 16.5. The van der Waals surface area contributed by atoms with Crippen LogP contribution in [0.1, 0.15) is 22.3 Å². The van der Waals surface area contributed by atoms with Crippen molar-refractivity contribution >= 4 is 5.91 Å². The molecule has 0 aliphatic carbocycles. The lowest BCUT2D eigenvalue weighted by molar-refractivity contribution is -0.0148. The molecule has 1 aliphatic rings. The van der Waals surface area contributed by atoms with Gasteiger partial charge in [0.2, 0.25) is 0 Å². The Morgan fingerprint density at radius 2 is 2.37 bits per heavy atom. The van der Waals surface area contributed by atoms with Gasteiger partial charge in [-0.25, -0.2) is 0 Å². The number of carbonyl (C=O) groups is 1. The molecule has 5 heteroatoms. The highest BCUT2D eigenvalue weighted by molar-refractivity contribution is 5.94. The van der Waals surface area contributed by atoms with Crippen LogP contribution in [0.25, 0.3) is 0 Å². The van der Waals surface area contributed by atoms with Crippen molar-refractivity contribution in [3.63, 3.8) is 0 Å². The van der Waals surface area contributed by atoms with Gasteiger partial charge in [0.1, 0.15) is 11.4 Å². The molecule has 1 amide bonds. The summed E-state index contributed by atoms with van der Waals surface area (Å²) in [5, 5.41) is 12.3. The van der Waals surface area contributed by atoms with Gasteiger partial charge >= 0.3 is 0 Å². The van der Waals surface area contributed by atoms with E-state index in [1.54, 1.807) is 26.2 Å². The third kappa shape index (κ3) is 3.05. The van der Waals surface area contributed by atoms with Gasteiger partial charge in [0, 0.05) is 32.2 Å². The third-order valence-electron chi connectivity index (χ3n) is 3.53. The Balaban J connectivity index is 1.99. The number of phenolic OH excluding ortho intramolecular Hbond substituents is 1. The summed E-state index contributed by atoms with van der Waals surface area (Å²) in [6.45, 7) is 3.33. The molecule has 1 aromatic carbocycles. The first kappa shape index (κ1) is 13.8. The zero-order valence-electron chi connectivity index (χ0n) is 11.2. The number of nitrogens with one attached hydrogen (secondary N) is 1. The van der Waals surface area contributed by atoms with Crippen molar-refractivity contribution in [1.29, 1.82) is 0 Å². The van der Waals surface area contributed by atoms with Gasteiger partial charge < -0.3 is 19.9 Å². The van der Waals surface area contributed by atoms with E-state index in [1.165, 1.54) is 6.07 Å². The number of phenols is 1. The zero-order chi connectivity index (χ0) is 13.9. The molecule has 1 fully saturated rings. The molecule has 19 heavy (non-hydrogen) atoms. The van der Waals surface area contributed by atoms with E-state index in [2.05, 4.69) is 5.32 Å². The van der Waals surface area contributed by atoms with Crippen LogP contribution in [0.15, 0.2) is 18.2 Å². The van der Waals surface area contributed by atoms with E-state index in [1.807, 2.05) is 0 Å². The Hall–Kier alpha value is -1.59. The third-order valence-corrected chi connectivity index (χ3v) is 3.53. The van der Waals surface area contributed by atoms with Crippen LogP contribution in [0.3, 0.4) is 0 Å². The molecule has 1 saturated heterocycles. The first-order valence-corrected chi connectivity index (χ1v) is 6.27. The lowest BCUT2D eigenvalue weighted by atomic mass is 10.0. The minimum atomic E-state index is -0.415. The number of rotatable bonds is 4. The minimum absolute atomic E-state index is 0.175. The summed E-state index contributed by atoms with van der Waals surface area (Å²) in [5.74, 6) is 0.0144. The number of aromatic hydroxyl groups is 1. The normalized spacial score (nSPS) is 22.4. The zero-order valence-corrected chi connectivity index (χ0v) is 11.2. The summed E-state index contributed by atoms with van der Waals surface area (Å²) in [6.07, 6.45) is 0.776. The standard InChI is InChI=1S/C14H19NO4/c1-10-7-11(3-4-12(10)16)13(17)15-8-14(18-2)5-6-19-9-14/h3-4,7,16H,5-6,8-9H2,1-2H3,(H,15,17). The van der Waals surface area contributed by atoms with Crippen molar-refractivity contribution in [3.8, 4) is 5.75 Å². The van der Waals surface area contributed by atoms with Crippen molar-refractivity contribution in [1.82, 2.24) is 5.32 Å². The van der Waals surface area contributed by atoms with Crippen LogP contribution in [0, 0.1) is 6.92 Å². The second-order valence-electron chi connectivity index (χ2n) is 4.87. The van der Waals surface area contributed by atoms with Crippen molar-refractivity contribution < 1.29 is 19.4 Å². The summed E-state index contributed by atoms with van der Waals surface area (Å²) in [6, 6.07) is 4.78. The highest BCUT2D eigenvalue weighted by Crippen LogP contribution is 2.22. The fourth-order valence-corrected chi connectivity index (χ4v) is 2.10. The summed E-state index contributed by atoms with van der Waals surface area (Å²) < 4.78 is 10.8. The number of hydrogen-bond acceptors (Lipinski definition) is 4. The van der Waals surface area contributed by atoms with E-state index >= 15 is 0 Å². The van der Waals surface area contributed by atoms with Crippen LogP contribution in [-0.2, 0) is 9.47 Å². The minimum Gasteiger partial charge on any atom is -0.508 e. The Bertz CT molecular complexity index is 467. The maximum atomic E-state index is 12.0. The molecule has 0 saturated carbocycles. The number of aryl methyl sites for hydroxylation is 1. The van der Waals surface area contributed by atoms with Gasteiger partial charge in [-0.1, -0.05) is 0 Å². The van der Waals surface area contributed by atoms with Crippen LogP contribution in [-0.4, -0.2) is 43.5 Å². The van der Waals surface area contributed by atoms with E-state index < -0.39 is 5.60 Å². The summed E-state index contributed by atoms with van der Waals surface area (Å²) in [7, 11) is 1.63. The molecule has 1 atom stereocenters. The fourth-order valence-electron chi connectivity index (χ4n) is 2.10. The quantitative estimate of drug-likeness (QED) is 0.859. The number of ether oxygens (including phenoxy) is 2. The van der Waals surface area contributed by atoms with E-state index in [9.17, 15) is 9.90 Å². The van der Waals surface area contributed by atoms with Crippen molar-refractivity contribution in [2.24, 2.45) is 0 Å². The SMILES string of the molecule is COC1(CNC(=O)c2ccc(O)c(C)c2)CCOC1. The molecule has 1 unspecified atom stereocenters. The summed E-state index contributed by atoms with van der Waals surface area (Å²) in [4.78, 5) is 12.0. The Labute approximate surface area is 112 Å². The van der Waals surface area contributed by atoms with E-state index in [0.29, 0.717) is 30.9 Å². The van der Waals surface area contributed by atoms with Gasteiger partial charge in [0.25, 0.3) is 5.91 Å². The first-order valence-electron chi connectivity index (χ1n) is 6.27. The smallest absolute Gasteiger partial charge is 0.251 e. The molecular weight excluding hydrogens is 246 g/mol. The number of hydrogen-bond donors (Lipinski definition) is 2. The van der Waals surface area contributed by atoms with Gasteiger partial charge in [0.05, 0.1) is 6.61 Å². The van der Waals surface area contributed by atoms with Crippen LogP contribution < -0.4 is 5.32 Å². The lowest BCUT2D eigenvalue weighted by Crippen LogP contribution is -2.45. The van der Waals surface area contributed by atoms with Gasteiger partial charge in [-0.2, -0.15) is 0 Å². The topological polar surface area (TPSA) is 67.8 Å². The lowest BCUT2D eigenvalue weighted by Gasteiger charge is -2.25. The average molecular weight is 265 g/mol. The number of amides is 1. The molecule has 0 spiro atoms. The molecule has 1 heterocycles. The van der Waals surface area contributed by atoms with Crippen LogP contribution in [0.4, 0.5) is 0 Å². The van der Waals surface area contributed by atoms with Gasteiger partial charge in [-0.3, -0.25) is 4.79 Å². The summed E-state index contributed by atoms with van der Waals surface area (Å²) in [5.41, 5.74) is 0.792. The van der Waals surface area contributed by atoms with Gasteiger partial charge in [-0.05, 0) is 30.7 Å². The molecule has 2 N–H and O–H groups in total. The Morgan fingerprint density at radius 1 is 1.58 bits per heavy atom. The average Bonchev–Trinajstić information content (AvgIpc) is 2.89. The Kier molecular flexibility index (Phi) is 4.07. The van der Waals surface area contributed by atoms with E-state index in [4.69, 9.17) is 9.47 Å². The summed E-state index contributed by atoms with van der Waals surface area (Å²) >= 11 is 0. The highest BCUT2D eigenvalue weighted by Gasteiger charge is 2.35. The molecule has 0 bridgehead atoms. The maximum absolute atomic E-state index is 12.0. The van der Waals surface area contributed by atoms with Gasteiger partial charge in [0.15, 0.2) is 0 Å². The van der Waals surface area contributed by atoms with Crippen LogP contribution in [0.5, 0.6) is 5.75 Å². The van der Waals surface area contributed by atoms with Crippen molar-refractivity contribution in [2.45, 2.75) is 18.9 Å². The molecular formula is C14H19NO4. The molecule has 0 aromatic heterocycles. The maximum Gasteiger partial charge on any atom is 0.251 e. The number of methoxy groups -OCH3 is 1.